The van der Waals surface area contributed by atoms with Crippen LogP contribution in [0.1, 0.15) is 32.6 Å². The van der Waals surface area contributed by atoms with Crippen molar-refractivity contribution in [2.24, 2.45) is 5.92 Å². The molecule has 0 amide bonds. The molecule has 66 valence electrons. The van der Waals surface area contributed by atoms with E-state index in [9.17, 15) is 0 Å². The molecule has 1 aliphatic rings. The summed E-state index contributed by atoms with van der Waals surface area (Å²) in [6.07, 6.45) is 13.8. The molecule has 1 rings (SSSR count). The van der Waals surface area contributed by atoms with Crippen molar-refractivity contribution < 1.29 is 0 Å². The number of allylic oxidation sites excluding steroid dienone is 5. The standard InChI is InChI=1S/C12H18/c1-3-4-5-6-12-9-7-11(2)8-10-12/h3,7,9-11H,1,4-6,8H2,2H3. The summed E-state index contributed by atoms with van der Waals surface area (Å²) in [6.45, 7) is 5.98. The molecule has 0 N–H and O–H groups in total. The van der Waals surface area contributed by atoms with E-state index in [1.807, 2.05) is 6.08 Å². The highest BCUT2D eigenvalue weighted by Gasteiger charge is 2.02. The maximum atomic E-state index is 3.72. The molecule has 0 heteroatoms. The third-order valence-electron chi connectivity index (χ3n) is 2.26. The van der Waals surface area contributed by atoms with Crippen LogP contribution in [0, 0.1) is 5.92 Å². The Balaban J connectivity index is 2.25. The average molecular weight is 162 g/mol. The van der Waals surface area contributed by atoms with Gasteiger partial charge in [0.1, 0.15) is 0 Å². The molecule has 1 atom stereocenters. The van der Waals surface area contributed by atoms with Gasteiger partial charge in [0.2, 0.25) is 0 Å². The predicted molar refractivity (Wildman–Crippen MR) is 55.1 cm³/mol. The minimum Gasteiger partial charge on any atom is -0.103 e. The highest BCUT2D eigenvalue weighted by Crippen LogP contribution is 2.19. The van der Waals surface area contributed by atoms with Gasteiger partial charge in [-0.25, -0.2) is 0 Å². The van der Waals surface area contributed by atoms with Crippen LogP contribution in [0.2, 0.25) is 0 Å². The van der Waals surface area contributed by atoms with Crippen LogP contribution in [0.5, 0.6) is 0 Å². The summed E-state index contributed by atoms with van der Waals surface area (Å²) in [5, 5.41) is 0. The average Bonchev–Trinajstić information content (AvgIpc) is 2.09. The van der Waals surface area contributed by atoms with E-state index in [0.29, 0.717) is 0 Å². The van der Waals surface area contributed by atoms with Crippen LogP contribution in [0.15, 0.2) is 36.5 Å². The second-order valence-corrected chi connectivity index (χ2v) is 3.53. The van der Waals surface area contributed by atoms with Gasteiger partial charge in [0.25, 0.3) is 0 Å². The summed E-state index contributed by atoms with van der Waals surface area (Å²) in [7, 11) is 0. The zero-order valence-corrected chi connectivity index (χ0v) is 7.92. The maximum Gasteiger partial charge on any atom is -0.0224 e. The van der Waals surface area contributed by atoms with E-state index in [4.69, 9.17) is 0 Å². The first-order valence-electron chi connectivity index (χ1n) is 4.81. The number of unbranched alkanes of at least 4 members (excludes halogenated alkanes) is 1. The van der Waals surface area contributed by atoms with Crippen LogP contribution in [-0.2, 0) is 0 Å². The Morgan fingerprint density at radius 3 is 3.08 bits per heavy atom. The Labute approximate surface area is 75.7 Å². The molecule has 0 aromatic carbocycles. The molecule has 0 nitrogen and oxygen atoms in total. The third-order valence-corrected chi connectivity index (χ3v) is 2.26. The third kappa shape index (κ3) is 3.08. The fraction of sp³-hybridized carbons (Fsp3) is 0.500. The lowest BCUT2D eigenvalue weighted by Gasteiger charge is -2.10. The van der Waals surface area contributed by atoms with Crippen LogP contribution >= 0.6 is 0 Å². The lowest BCUT2D eigenvalue weighted by molar-refractivity contribution is 0.718. The fourth-order valence-corrected chi connectivity index (χ4v) is 1.41. The zero-order valence-electron chi connectivity index (χ0n) is 7.92. The van der Waals surface area contributed by atoms with E-state index in [1.54, 1.807) is 0 Å². The number of rotatable bonds is 4. The van der Waals surface area contributed by atoms with Crippen LogP contribution < -0.4 is 0 Å². The Kier molecular flexibility index (Phi) is 3.86. The molecule has 0 fully saturated rings. The minimum absolute atomic E-state index is 0.744. The Hall–Kier alpha value is -0.780. The smallest absolute Gasteiger partial charge is 0.0224 e. The zero-order chi connectivity index (χ0) is 8.81. The molecule has 0 aliphatic heterocycles. The Morgan fingerprint density at radius 2 is 2.50 bits per heavy atom. The van der Waals surface area contributed by atoms with Gasteiger partial charge in [-0.1, -0.05) is 36.8 Å². The molecule has 12 heavy (non-hydrogen) atoms. The van der Waals surface area contributed by atoms with Gasteiger partial charge in [-0.15, -0.1) is 6.58 Å². The molecule has 0 radical (unpaired) electrons. The highest BCUT2D eigenvalue weighted by molar-refractivity contribution is 5.23. The van der Waals surface area contributed by atoms with E-state index >= 15 is 0 Å². The molecule has 0 heterocycles. The van der Waals surface area contributed by atoms with Gasteiger partial charge in [-0.2, -0.15) is 0 Å². The van der Waals surface area contributed by atoms with Crippen LogP contribution in [-0.4, -0.2) is 0 Å². The fourth-order valence-electron chi connectivity index (χ4n) is 1.41. The highest BCUT2D eigenvalue weighted by atomic mass is 14.1. The summed E-state index contributed by atoms with van der Waals surface area (Å²) >= 11 is 0. The minimum atomic E-state index is 0.744. The van der Waals surface area contributed by atoms with Gasteiger partial charge in [0.05, 0.1) is 0 Å². The van der Waals surface area contributed by atoms with Crippen LogP contribution in [0.25, 0.3) is 0 Å². The van der Waals surface area contributed by atoms with Crippen LogP contribution in [0.3, 0.4) is 0 Å². The number of hydrogen-bond donors (Lipinski definition) is 0. The molecule has 0 aromatic rings. The monoisotopic (exact) mass is 162 g/mol. The van der Waals surface area contributed by atoms with Gasteiger partial charge in [-0.3, -0.25) is 0 Å². The molecule has 1 unspecified atom stereocenters. The summed E-state index contributed by atoms with van der Waals surface area (Å²) in [6, 6.07) is 0. The molecule has 0 spiro atoms. The van der Waals surface area contributed by atoms with E-state index < -0.39 is 0 Å². The van der Waals surface area contributed by atoms with E-state index in [0.717, 1.165) is 12.3 Å². The Bertz CT molecular complexity index is 196. The van der Waals surface area contributed by atoms with Crippen molar-refractivity contribution in [1.29, 1.82) is 0 Å². The van der Waals surface area contributed by atoms with Crippen molar-refractivity contribution in [3.8, 4) is 0 Å². The molecule has 1 aliphatic carbocycles. The van der Waals surface area contributed by atoms with Crippen molar-refractivity contribution in [3.63, 3.8) is 0 Å². The van der Waals surface area contributed by atoms with Crippen molar-refractivity contribution >= 4 is 0 Å². The molecule has 0 aromatic heterocycles. The van der Waals surface area contributed by atoms with Crippen molar-refractivity contribution in [2.75, 3.05) is 0 Å². The summed E-state index contributed by atoms with van der Waals surface area (Å²) in [5.41, 5.74) is 1.51. The van der Waals surface area contributed by atoms with Gasteiger partial charge in [0.15, 0.2) is 0 Å². The first kappa shape index (κ1) is 9.31. The molecule has 0 bridgehead atoms. The second-order valence-electron chi connectivity index (χ2n) is 3.53. The topological polar surface area (TPSA) is 0 Å². The van der Waals surface area contributed by atoms with E-state index in [-0.39, 0.29) is 0 Å². The lowest BCUT2D eigenvalue weighted by atomic mass is 9.96. The summed E-state index contributed by atoms with van der Waals surface area (Å²) in [4.78, 5) is 0. The molecular formula is C12H18. The van der Waals surface area contributed by atoms with Crippen molar-refractivity contribution in [2.45, 2.75) is 32.6 Å². The quantitative estimate of drug-likeness (QED) is 0.435. The first-order valence-corrected chi connectivity index (χ1v) is 4.81. The van der Waals surface area contributed by atoms with Crippen molar-refractivity contribution in [3.05, 3.63) is 36.5 Å². The second kappa shape index (κ2) is 4.97. The predicted octanol–water partition coefficient (Wildman–Crippen LogP) is 3.87. The van der Waals surface area contributed by atoms with Crippen molar-refractivity contribution in [1.82, 2.24) is 0 Å². The number of hydrogen-bond acceptors (Lipinski definition) is 0. The normalized spacial score (nSPS) is 22.1. The van der Waals surface area contributed by atoms with E-state index in [1.165, 1.54) is 24.8 Å². The van der Waals surface area contributed by atoms with Gasteiger partial charge in [-0.05, 0) is 31.6 Å². The largest absolute Gasteiger partial charge is 0.103 e. The van der Waals surface area contributed by atoms with Gasteiger partial charge in [0, 0.05) is 0 Å². The molecule has 0 saturated heterocycles. The molecule has 0 saturated carbocycles. The molecular weight excluding hydrogens is 144 g/mol. The van der Waals surface area contributed by atoms with Crippen LogP contribution in [0.4, 0.5) is 0 Å². The van der Waals surface area contributed by atoms with Gasteiger partial charge < -0.3 is 0 Å². The lowest BCUT2D eigenvalue weighted by Crippen LogP contribution is -1.94. The van der Waals surface area contributed by atoms with E-state index in [2.05, 4.69) is 31.7 Å². The summed E-state index contributed by atoms with van der Waals surface area (Å²) < 4.78 is 0. The SMILES string of the molecule is C=CCCCC1=CCC(C)C=C1. The van der Waals surface area contributed by atoms with Gasteiger partial charge >= 0.3 is 0 Å². The first-order chi connectivity index (χ1) is 5.83. The maximum absolute atomic E-state index is 3.72. The Morgan fingerprint density at radius 1 is 1.67 bits per heavy atom. The summed E-state index contributed by atoms with van der Waals surface area (Å²) in [5.74, 6) is 0.744.